The zero-order valence-corrected chi connectivity index (χ0v) is 16.0. The van der Waals surface area contributed by atoms with Crippen LogP contribution >= 0.6 is 0 Å². The number of hydrogen-bond acceptors (Lipinski definition) is 5. The fourth-order valence-corrected chi connectivity index (χ4v) is 3.06. The molecule has 0 aliphatic carbocycles. The average molecular weight is 389 g/mol. The molecular formula is C21H19N5O3. The van der Waals surface area contributed by atoms with Crippen LogP contribution in [-0.2, 0) is 6.54 Å². The van der Waals surface area contributed by atoms with Gasteiger partial charge in [-0.15, -0.1) is 0 Å². The molecule has 0 aliphatic rings. The third-order valence-corrected chi connectivity index (χ3v) is 4.43. The first-order chi connectivity index (χ1) is 14.0. The summed E-state index contributed by atoms with van der Waals surface area (Å²) in [6.45, 7) is 2.16. The lowest BCUT2D eigenvalue weighted by atomic mass is 10.2. The Bertz CT molecular complexity index is 1180. The second kappa shape index (κ2) is 7.59. The molecule has 8 nitrogen and oxygen atoms in total. The van der Waals surface area contributed by atoms with Gasteiger partial charge in [-0.2, -0.15) is 0 Å². The van der Waals surface area contributed by atoms with Gasteiger partial charge in [0.1, 0.15) is 5.76 Å². The fourth-order valence-electron chi connectivity index (χ4n) is 3.06. The van der Waals surface area contributed by atoms with E-state index in [9.17, 15) is 9.59 Å². The number of anilines is 1. The van der Waals surface area contributed by atoms with Gasteiger partial charge in [-0.25, -0.2) is 4.98 Å². The van der Waals surface area contributed by atoms with Crippen molar-refractivity contribution < 1.29 is 14.1 Å². The Morgan fingerprint density at radius 1 is 1.14 bits per heavy atom. The van der Waals surface area contributed by atoms with Crippen LogP contribution in [0.25, 0.3) is 5.52 Å². The maximum absolute atomic E-state index is 13.1. The zero-order chi connectivity index (χ0) is 20.4. The third-order valence-electron chi connectivity index (χ3n) is 4.43. The van der Waals surface area contributed by atoms with Crippen molar-refractivity contribution in [2.75, 3.05) is 12.4 Å². The lowest BCUT2D eigenvalue weighted by Gasteiger charge is -2.16. The van der Waals surface area contributed by atoms with E-state index in [1.165, 1.54) is 0 Å². The highest BCUT2D eigenvalue weighted by molar-refractivity contribution is 6.05. The molecule has 29 heavy (non-hydrogen) atoms. The molecule has 0 spiro atoms. The number of hydrogen-bond donors (Lipinski definition) is 1. The van der Waals surface area contributed by atoms with Gasteiger partial charge < -0.3 is 14.7 Å². The standard InChI is InChI=1S/C21H19N5O3/c1-14-12-17(24-29-14)22-20(27)19-23-18(16-10-6-7-11-26(16)19)21(28)25(2)13-15-8-4-3-5-9-15/h3-12H,13H2,1-2H3,(H,22,24,27). The molecule has 0 saturated carbocycles. The minimum absolute atomic E-state index is 0.0951. The van der Waals surface area contributed by atoms with Crippen molar-refractivity contribution in [2.45, 2.75) is 13.5 Å². The summed E-state index contributed by atoms with van der Waals surface area (Å²) in [6.07, 6.45) is 1.69. The molecular weight excluding hydrogens is 370 g/mol. The molecule has 0 atom stereocenters. The van der Waals surface area contributed by atoms with Crippen molar-refractivity contribution >= 4 is 23.1 Å². The number of carbonyl (C=O) groups excluding carboxylic acids is 2. The van der Waals surface area contributed by atoms with Gasteiger partial charge in [0.15, 0.2) is 11.5 Å². The van der Waals surface area contributed by atoms with Gasteiger partial charge >= 0.3 is 0 Å². The molecule has 146 valence electrons. The van der Waals surface area contributed by atoms with Crippen molar-refractivity contribution in [3.8, 4) is 0 Å². The second-order valence-corrected chi connectivity index (χ2v) is 6.66. The molecule has 0 bridgehead atoms. The molecule has 4 rings (SSSR count). The smallest absolute Gasteiger partial charge is 0.293 e. The quantitative estimate of drug-likeness (QED) is 0.566. The summed E-state index contributed by atoms with van der Waals surface area (Å²) >= 11 is 0. The highest BCUT2D eigenvalue weighted by atomic mass is 16.5. The van der Waals surface area contributed by atoms with E-state index in [1.807, 2.05) is 30.3 Å². The largest absolute Gasteiger partial charge is 0.360 e. The Labute approximate surface area is 166 Å². The molecule has 3 aromatic heterocycles. The summed E-state index contributed by atoms with van der Waals surface area (Å²) in [4.78, 5) is 31.7. The number of pyridine rings is 1. The number of benzene rings is 1. The van der Waals surface area contributed by atoms with E-state index < -0.39 is 5.91 Å². The third kappa shape index (κ3) is 3.73. The minimum atomic E-state index is -0.482. The van der Waals surface area contributed by atoms with E-state index in [0.717, 1.165) is 5.56 Å². The summed E-state index contributed by atoms with van der Waals surface area (Å²) in [5, 5.41) is 6.40. The predicted octanol–water partition coefficient (Wildman–Crippen LogP) is 3.16. The van der Waals surface area contributed by atoms with Crippen LogP contribution in [-0.4, -0.2) is 38.3 Å². The highest BCUT2D eigenvalue weighted by Gasteiger charge is 2.24. The lowest BCUT2D eigenvalue weighted by molar-refractivity contribution is 0.0782. The van der Waals surface area contributed by atoms with Gasteiger partial charge in [0.2, 0.25) is 5.82 Å². The van der Waals surface area contributed by atoms with Crippen LogP contribution < -0.4 is 5.32 Å². The van der Waals surface area contributed by atoms with E-state index in [1.54, 1.807) is 53.7 Å². The Hall–Kier alpha value is -3.94. The van der Waals surface area contributed by atoms with E-state index >= 15 is 0 Å². The highest BCUT2D eigenvalue weighted by Crippen LogP contribution is 2.17. The number of imidazole rings is 1. The molecule has 2 amide bonds. The van der Waals surface area contributed by atoms with Crippen molar-refractivity contribution in [1.82, 2.24) is 19.4 Å². The SMILES string of the molecule is Cc1cc(NC(=O)c2nc(C(=O)N(C)Cc3ccccc3)c3ccccn23)no1. The Kier molecular flexibility index (Phi) is 4.82. The topological polar surface area (TPSA) is 92.7 Å². The number of nitrogens with one attached hydrogen (secondary N) is 1. The molecule has 8 heteroatoms. The number of carbonyl (C=O) groups is 2. The number of nitrogens with zero attached hydrogens (tertiary/aromatic N) is 4. The molecule has 3 heterocycles. The van der Waals surface area contributed by atoms with Gasteiger partial charge in [0, 0.05) is 25.9 Å². The number of rotatable bonds is 5. The van der Waals surface area contributed by atoms with Crippen LogP contribution in [0.3, 0.4) is 0 Å². The zero-order valence-electron chi connectivity index (χ0n) is 16.0. The normalized spacial score (nSPS) is 10.8. The van der Waals surface area contributed by atoms with Crippen molar-refractivity contribution in [3.05, 3.63) is 83.6 Å². The lowest BCUT2D eigenvalue weighted by Crippen LogP contribution is -2.26. The van der Waals surface area contributed by atoms with Crippen LogP contribution in [0.5, 0.6) is 0 Å². The fraction of sp³-hybridized carbons (Fsp3) is 0.143. The number of fused-ring (bicyclic) bond motifs is 1. The molecule has 4 aromatic rings. The number of amides is 2. The van der Waals surface area contributed by atoms with Crippen molar-refractivity contribution in [2.24, 2.45) is 0 Å². The molecule has 0 unspecified atom stereocenters. The van der Waals surface area contributed by atoms with Crippen LogP contribution in [0.15, 0.2) is 65.3 Å². The summed E-state index contributed by atoms with van der Waals surface area (Å²) < 4.78 is 6.56. The van der Waals surface area contributed by atoms with E-state index in [0.29, 0.717) is 17.8 Å². The number of aromatic nitrogens is 3. The van der Waals surface area contributed by atoms with Crippen LogP contribution in [0.2, 0.25) is 0 Å². The molecule has 0 saturated heterocycles. The van der Waals surface area contributed by atoms with Gasteiger partial charge in [0.05, 0.1) is 5.52 Å². The maximum atomic E-state index is 13.1. The van der Waals surface area contributed by atoms with Crippen LogP contribution in [0.1, 0.15) is 32.4 Å². The van der Waals surface area contributed by atoms with Crippen molar-refractivity contribution in [1.29, 1.82) is 0 Å². The summed E-state index contributed by atoms with van der Waals surface area (Å²) in [5.41, 5.74) is 1.77. The first-order valence-corrected chi connectivity index (χ1v) is 9.04. The Morgan fingerprint density at radius 2 is 1.90 bits per heavy atom. The van der Waals surface area contributed by atoms with E-state index in [-0.39, 0.29) is 23.2 Å². The van der Waals surface area contributed by atoms with Gasteiger partial charge in [-0.05, 0) is 24.6 Å². The molecule has 0 radical (unpaired) electrons. The summed E-state index contributed by atoms with van der Waals surface area (Å²) in [7, 11) is 1.71. The van der Waals surface area contributed by atoms with Crippen LogP contribution in [0, 0.1) is 6.92 Å². The van der Waals surface area contributed by atoms with Crippen molar-refractivity contribution in [3.63, 3.8) is 0 Å². The molecule has 1 aromatic carbocycles. The summed E-state index contributed by atoms with van der Waals surface area (Å²) in [5.74, 6) is 0.205. The minimum Gasteiger partial charge on any atom is -0.360 e. The van der Waals surface area contributed by atoms with Gasteiger partial charge in [-0.3, -0.25) is 14.0 Å². The Balaban J connectivity index is 1.64. The predicted molar refractivity (Wildman–Crippen MR) is 107 cm³/mol. The molecule has 0 fully saturated rings. The molecule has 1 N–H and O–H groups in total. The van der Waals surface area contributed by atoms with Gasteiger partial charge in [0.25, 0.3) is 11.8 Å². The Morgan fingerprint density at radius 3 is 2.62 bits per heavy atom. The summed E-state index contributed by atoms with van der Waals surface area (Å²) in [6, 6.07) is 16.6. The first-order valence-electron chi connectivity index (χ1n) is 9.04. The van der Waals surface area contributed by atoms with Crippen LogP contribution in [0.4, 0.5) is 5.82 Å². The number of aryl methyl sites for hydroxylation is 1. The van der Waals surface area contributed by atoms with Gasteiger partial charge in [-0.1, -0.05) is 41.6 Å². The van der Waals surface area contributed by atoms with E-state index in [4.69, 9.17) is 4.52 Å². The maximum Gasteiger partial charge on any atom is 0.293 e. The van der Waals surface area contributed by atoms with E-state index in [2.05, 4.69) is 15.5 Å². The average Bonchev–Trinajstić information content (AvgIpc) is 3.31. The first kappa shape index (κ1) is 18.4. The monoisotopic (exact) mass is 389 g/mol. The molecule has 0 aliphatic heterocycles. The second-order valence-electron chi connectivity index (χ2n) is 6.66.